The molecule has 1 saturated carbocycles. The molecular formula is C14H27NO. The highest BCUT2D eigenvalue weighted by Gasteiger charge is 2.30. The second-order valence-electron chi connectivity index (χ2n) is 5.84. The first-order chi connectivity index (χ1) is 7.41. The lowest BCUT2D eigenvalue weighted by Gasteiger charge is -2.29. The fraction of sp³-hybridized carbons (Fsp3) is 0.929. The fourth-order valence-corrected chi connectivity index (χ4v) is 2.43. The number of carbonyl (C=O) groups is 1. The predicted octanol–water partition coefficient (Wildman–Crippen LogP) is 3.11. The summed E-state index contributed by atoms with van der Waals surface area (Å²) in [7, 11) is 2.24. The van der Waals surface area contributed by atoms with Gasteiger partial charge in [-0.1, -0.05) is 13.8 Å². The van der Waals surface area contributed by atoms with E-state index >= 15 is 0 Å². The summed E-state index contributed by atoms with van der Waals surface area (Å²) in [4.78, 5) is 13.6. The second kappa shape index (κ2) is 5.81. The van der Waals surface area contributed by atoms with Crippen LogP contribution >= 0.6 is 0 Å². The van der Waals surface area contributed by atoms with Crippen molar-refractivity contribution in [1.29, 1.82) is 0 Å². The van der Waals surface area contributed by atoms with Gasteiger partial charge in [0.1, 0.15) is 5.78 Å². The molecule has 0 radical (unpaired) electrons. The average Bonchev–Trinajstić information content (AvgIpc) is 2.98. The van der Waals surface area contributed by atoms with Gasteiger partial charge in [0, 0.05) is 18.5 Å². The van der Waals surface area contributed by atoms with Gasteiger partial charge >= 0.3 is 0 Å². The minimum absolute atomic E-state index is 0.322. The molecule has 1 rings (SSSR count). The molecule has 0 N–H and O–H groups in total. The topological polar surface area (TPSA) is 20.3 Å². The van der Waals surface area contributed by atoms with E-state index in [1.165, 1.54) is 19.3 Å². The minimum atomic E-state index is 0.322. The van der Waals surface area contributed by atoms with Gasteiger partial charge in [-0.3, -0.25) is 0 Å². The Kier molecular flexibility index (Phi) is 4.97. The zero-order valence-electron chi connectivity index (χ0n) is 11.5. The molecule has 2 heteroatoms. The van der Waals surface area contributed by atoms with E-state index in [1.54, 1.807) is 6.92 Å². The summed E-state index contributed by atoms with van der Waals surface area (Å²) in [6, 6.07) is 1.49. The number of rotatable bonds is 7. The van der Waals surface area contributed by atoms with Gasteiger partial charge in [-0.2, -0.15) is 0 Å². The lowest BCUT2D eigenvalue weighted by molar-refractivity contribution is -0.118. The number of ketones is 1. The standard InChI is InChI=1S/C14H27NO/c1-10(11(2)9-13(4)16)8-12(3)15(5)14-6-7-14/h10-12,14H,6-9H2,1-5H3. The van der Waals surface area contributed by atoms with Crippen LogP contribution in [0.2, 0.25) is 0 Å². The molecule has 0 aliphatic heterocycles. The molecule has 2 nitrogen and oxygen atoms in total. The third-order valence-corrected chi connectivity index (χ3v) is 4.11. The zero-order valence-corrected chi connectivity index (χ0v) is 11.5. The van der Waals surface area contributed by atoms with E-state index in [4.69, 9.17) is 0 Å². The molecule has 0 heterocycles. The molecule has 1 fully saturated rings. The molecule has 0 saturated heterocycles. The highest BCUT2D eigenvalue weighted by molar-refractivity contribution is 5.75. The van der Waals surface area contributed by atoms with E-state index < -0.39 is 0 Å². The van der Waals surface area contributed by atoms with Crippen LogP contribution in [0.5, 0.6) is 0 Å². The van der Waals surface area contributed by atoms with E-state index in [9.17, 15) is 4.79 Å². The van der Waals surface area contributed by atoms with Crippen molar-refractivity contribution in [2.24, 2.45) is 11.8 Å². The summed E-state index contributed by atoms with van der Waals surface area (Å²) < 4.78 is 0. The molecule has 3 atom stereocenters. The Labute approximate surface area is 100 Å². The molecule has 16 heavy (non-hydrogen) atoms. The predicted molar refractivity (Wildman–Crippen MR) is 68.5 cm³/mol. The Morgan fingerprint density at radius 3 is 2.25 bits per heavy atom. The van der Waals surface area contributed by atoms with E-state index in [1.807, 2.05) is 0 Å². The van der Waals surface area contributed by atoms with Crippen molar-refractivity contribution in [2.75, 3.05) is 7.05 Å². The fourth-order valence-electron chi connectivity index (χ4n) is 2.43. The van der Waals surface area contributed by atoms with Gasteiger partial charge in [-0.05, 0) is 52.0 Å². The number of hydrogen-bond donors (Lipinski definition) is 0. The molecule has 94 valence electrons. The third kappa shape index (κ3) is 4.25. The van der Waals surface area contributed by atoms with Gasteiger partial charge < -0.3 is 9.69 Å². The molecule has 1 aliphatic rings. The van der Waals surface area contributed by atoms with Crippen molar-refractivity contribution < 1.29 is 4.79 Å². The van der Waals surface area contributed by atoms with Crippen LogP contribution in [0.3, 0.4) is 0 Å². The Morgan fingerprint density at radius 1 is 1.25 bits per heavy atom. The van der Waals surface area contributed by atoms with Gasteiger partial charge in [-0.15, -0.1) is 0 Å². The SMILES string of the molecule is CC(=O)CC(C)C(C)CC(C)N(C)C1CC1. The monoisotopic (exact) mass is 225 g/mol. The van der Waals surface area contributed by atoms with Crippen LogP contribution in [0, 0.1) is 11.8 Å². The highest BCUT2D eigenvalue weighted by Crippen LogP contribution is 2.30. The quantitative estimate of drug-likeness (QED) is 0.663. The summed E-state index contributed by atoms with van der Waals surface area (Å²) in [5, 5.41) is 0. The number of carbonyl (C=O) groups excluding carboxylic acids is 1. The van der Waals surface area contributed by atoms with Crippen LogP contribution in [0.4, 0.5) is 0 Å². The molecule has 1 aliphatic carbocycles. The molecule has 0 aromatic heterocycles. The van der Waals surface area contributed by atoms with E-state index in [0.717, 1.165) is 12.5 Å². The van der Waals surface area contributed by atoms with Crippen LogP contribution < -0.4 is 0 Å². The van der Waals surface area contributed by atoms with Crippen LogP contribution in [-0.2, 0) is 4.79 Å². The van der Waals surface area contributed by atoms with Gasteiger partial charge in [0.25, 0.3) is 0 Å². The normalized spacial score (nSPS) is 21.9. The lowest BCUT2D eigenvalue weighted by atomic mass is 9.86. The zero-order chi connectivity index (χ0) is 12.3. The first kappa shape index (κ1) is 13.7. The maximum absolute atomic E-state index is 11.1. The van der Waals surface area contributed by atoms with Crippen LogP contribution in [0.1, 0.15) is 53.4 Å². The largest absolute Gasteiger partial charge is 0.301 e. The maximum atomic E-state index is 11.1. The van der Waals surface area contributed by atoms with Gasteiger partial charge in [0.05, 0.1) is 0 Å². The molecule has 0 aromatic rings. The first-order valence-corrected chi connectivity index (χ1v) is 6.63. The Bertz CT molecular complexity index is 235. The maximum Gasteiger partial charge on any atom is 0.130 e. The molecule has 0 aromatic carbocycles. The number of hydrogen-bond acceptors (Lipinski definition) is 2. The Morgan fingerprint density at radius 2 is 1.81 bits per heavy atom. The summed E-state index contributed by atoms with van der Waals surface area (Å²) >= 11 is 0. The summed E-state index contributed by atoms with van der Waals surface area (Å²) in [6.45, 7) is 8.50. The smallest absolute Gasteiger partial charge is 0.130 e. The van der Waals surface area contributed by atoms with Crippen molar-refractivity contribution in [1.82, 2.24) is 4.90 Å². The lowest BCUT2D eigenvalue weighted by Crippen LogP contribution is -2.33. The van der Waals surface area contributed by atoms with Crippen molar-refractivity contribution >= 4 is 5.78 Å². The van der Waals surface area contributed by atoms with Gasteiger partial charge in [-0.25, -0.2) is 0 Å². The van der Waals surface area contributed by atoms with Crippen molar-refractivity contribution in [3.63, 3.8) is 0 Å². The van der Waals surface area contributed by atoms with E-state index in [0.29, 0.717) is 23.7 Å². The summed E-state index contributed by atoms with van der Waals surface area (Å²) in [5.74, 6) is 1.48. The van der Waals surface area contributed by atoms with Crippen molar-refractivity contribution in [3.8, 4) is 0 Å². The minimum Gasteiger partial charge on any atom is -0.301 e. The Balaban J connectivity index is 2.31. The van der Waals surface area contributed by atoms with Crippen LogP contribution in [0.25, 0.3) is 0 Å². The first-order valence-electron chi connectivity index (χ1n) is 6.63. The summed E-state index contributed by atoms with van der Waals surface area (Å²) in [6.07, 6.45) is 4.69. The molecule has 0 spiro atoms. The van der Waals surface area contributed by atoms with Crippen LogP contribution in [0.15, 0.2) is 0 Å². The third-order valence-electron chi connectivity index (χ3n) is 4.11. The second-order valence-corrected chi connectivity index (χ2v) is 5.84. The average molecular weight is 225 g/mol. The van der Waals surface area contributed by atoms with Crippen molar-refractivity contribution in [2.45, 2.75) is 65.5 Å². The molecule has 3 unspecified atom stereocenters. The highest BCUT2D eigenvalue weighted by atomic mass is 16.1. The number of Topliss-reactive ketones (excluding diaryl/α,β-unsaturated/α-hetero) is 1. The molecule has 0 bridgehead atoms. The van der Waals surface area contributed by atoms with E-state index in [2.05, 4.69) is 32.7 Å². The molecular weight excluding hydrogens is 198 g/mol. The van der Waals surface area contributed by atoms with Gasteiger partial charge in [0.2, 0.25) is 0 Å². The number of nitrogens with zero attached hydrogens (tertiary/aromatic N) is 1. The van der Waals surface area contributed by atoms with E-state index in [-0.39, 0.29) is 0 Å². The Hall–Kier alpha value is -0.370. The summed E-state index contributed by atoms with van der Waals surface area (Å²) in [5.41, 5.74) is 0. The van der Waals surface area contributed by atoms with Gasteiger partial charge in [0.15, 0.2) is 0 Å². The van der Waals surface area contributed by atoms with Crippen molar-refractivity contribution in [3.05, 3.63) is 0 Å². The molecule has 0 amide bonds. The van der Waals surface area contributed by atoms with Crippen LogP contribution in [-0.4, -0.2) is 29.8 Å².